The van der Waals surface area contributed by atoms with Gasteiger partial charge in [0.25, 0.3) is 5.91 Å². The van der Waals surface area contributed by atoms with E-state index in [4.69, 9.17) is 5.73 Å². The summed E-state index contributed by atoms with van der Waals surface area (Å²) in [6, 6.07) is 1.48. The van der Waals surface area contributed by atoms with Crippen molar-refractivity contribution in [2.24, 2.45) is 0 Å². The van der Waals surface area contributed by atoms with E-state index < -0.39 is 20.5 Å². The minimum atomic E-state index is -3.25. The molecule has 7 heteroatoms. The van der Waals surface area contributed by atoms with E-state index in [0.717, 1.165) is 6.26 Å². The number of hydrogen-bond donors (Lipinski definition) is 2. The molecule has 1 rings (SSSR count). The lowest BCUT2D eigenvalue weighted by atomic mass is 10.2. The SMILES string of the molecule is CC(C)(CNC(=O)c1ccncc1N)S(C)(=O)=O. The predicted octanol–water partition coefficient (Wildman–Crippen LogP) is 0.217. The van der Waals surface area contributed by atoms with Gasteiger partial charge < -0.3 is 11.1 Å². The van der Waals surface area contributed by atoms with Crippen LogP contribution in [0.4, 0.5) is 5.69 Å². The van der Waals surface area contributed by atoms with Gasteiger partial charge in [-0.15, -0.1) is 0 Å². The maximum atomic E-state index is 11.8. The molecule has 1 aromatic heterocycles. The second-order valence-electron chi connectivity index (χ2n) is 4.68. The quantitative estimate of drug-likeness (QED) is 0.815. The first-order chi connectivity index (χ1) is 8.15. The van der Waals surface area contributed by atoms with Crippen LogP contribution in [0.2, 0.25) is 0 Å². The number of carbonyl (C=O) groups excluding carboxylic acids is 1. The van der Waals surface area contributed by atoms with Gasteiger partial charge in [0.2, 0.25) is 0 Å². The van der Waals surface area contributed by atoms with Crippen LogP contribution in [0.3, 0.4) is 0 Å². The summed E-state index contributed by atoms with van der Waals surface area (Å²) in [4.78, 5) is 15.6. The third-order valence-corrected chi connectivity index (χ3v) is 4.93. The highest BCUT2D eigenvalue weighted by molar-refractivity contribution is 7.92. The lowest BCUT2D eigenvalue weighted by molar-refractivity contribution is 0.0951. The Bertz CT molecular complexity index is 552. The van der Waals surface area contributed by atoms with Crippen LogP contribution in [0.15, 0.2) is 18.5 Å². The number of anilines is 1. The molecule has 0 aliphatic rings. The molecule has 100 valence electrons. The van der Waals surface area contributed by atoms with Crippen molar-refractivity contribution in [1.82, 2.24) is 10.3 Å². The van der Waals surface area contributed by atoms with Crippen LogP contribution in [-0.2, 0) is 9.84 Å². The summed E-state index contributed by atoms with van der Waals surface area (Å²) in [5, 5.41) is 2.56. The van der Waals surface area contributed by atoms with Gasteiger partial charge in [-0.05, 0) is 19.9 Å². The van der Waals surface area contributed by atoms with E-state index in [2.05, 4.69) is 10.3 Å². The van der Waals surface area contributed by atoms with E-state index in [-0.39, 0.29) is 17.8 Å². The van der Waals surface area contributed by atoms with Gasteiger partial charge in [-0.2, -0.15) is 0 Å². The number of nitrogens with two attached hydrogens (primary N) is 1. The second kappa shape index (κ2) is 4.93. The van der Waals surface area contributed by atoms with Crippen molar-refractivity contribution in [2.45, 2.75) is 18.6 Å². The summed E-state index contributed by atoms with van der Waals surface area (Å²) < 4.78 is 21.9. The average Bonchev–Trinajstić information content (AvgIpc) is 2.25. The summed E-state index contributed by atoms with van der Waals surface area (Å²) in [6.07, 6.45) is 3.96. The molecule has 0 aliphatic carbocycles. The smallest absolute Gasteiger partial charge is 0.253 e. The normalized spacial score (nSPS) is 12.2. The van der Waals surface area contributed by atoms with Gasteiger partial charge in [-0.25, -0.2) is 8.42 Å². The van der Waals surface area contributed by atoms with Crippen molar-refractivity contribution in [2.75, 3.05) is 18.5 Å². The number of sulfone groups is 1. The first-order valence-electron chi connectivity index (χ1n) is 5.32. The molecular weight excluding hydrogens is 254 g/mol. The Labute approximate surface area is 107 Å². The van der Waals surface area contributed by atoms with Gasteiger partial charge in [-0.3, -0.25) is 9.78 Å². The largest absolute Gasteiger partial charge is 0.397 e. The van der Waals surface area contributed by atoms with Crippen molar-refractivity contribution < 1.29 is 13.2 Å². The molecule has 0 bridgehead atoms. The summed E-state index contributed by atoms with van der Waals surface area (Å²) in [7, 11) is -3.25. The first kappa shape index (κ1) is 14.4. The van der Waals surface area contributed by atoms with E-state index in [9.17, 15) is 13.2 Å². The predicted molar refractivity (Wildman–Crippen MR) is 69.9 cm³/mol. The van der Waals surface area contributed by atoms with Crippen LogP contribution in [0, 0.1) is 0 Å². The molecule has 0 atom stereocenters. The lowest BCUT2D eigenvalue weighted by Gasteiger charge is -2.22. The minimum Gasteiger partial charge on any atom is -0.397 e. The van der Waals surface area contributed by atoms with Gasteiger partial charge in [0.1, 0.15) is 0 Å². The van der Waals surface area contributed by atoms with E-state index in [1.807, 2.05) is 0 Å². The van der Waals surface area contributed by atoms with Crippen LogP contribution < -0.4 is 11.1 Å². The molecule has 0 aromatic carbocycles. The van der Waals surface area contributed by atoms with Crippen molar-refractivity contribution in [3.63, 3.8) is 0 Å². The van der Waals surface area contributed by atoms with Gasteiger partial charge in [0.05, 0.1) is 22.2 Å². The standard InChI is InChI=1S/C11H17N3O3S/c1-11(2,18(3,16)17)7-14-10(15)8-4-5-13-6-9(8)12/h4-6H,7,12H2,1-3H3,(H,14,15). The zero-order valence-electron chi connectivity index (χ0n) is 10.6. The number of carbonyl (C=O) groups is 1. The zero-order valence-corrected chi connectivity index (χ0v) is 11.4. The summed E-state index contributed by atoms with van der Waals surface area (Å²) in [6.45, 7) is 3.13. The van der Waals surface area contributed by atoms with Crippen LogP contribution in [0.1, 0.15) is 24.2 Å². The minimum absolute atomic E-state index is 0.0203. The number of rotatable bonds is 4. The van der Waals surface area contributed by atoms with Crippen LogP contribution in [0.25, 0.3) is 0 Å². The third kappa shape index (κ3) is 3.19. The molecule has 0 saturated carbocycles. The Morgan fingerprint density at radius 3 is 2.61 bits per heavy atom. The van der Waals surface area contributed by atoms with Crippen LogP contribution >= 0.6 is 0 Å². The molecule has 0 fully saturated rings. The fourth-order valence-corrected chi connectivity index (χ4v) is 1.47. The van der Waals surface area contributed by atoms with Crippen molar-refractivity contribution >= 4 is 21.4 Å². The average molecular weight is 271 g/mol. The zero-order chi connectivity index (χ0) is 14.0. The number of hydrogen-bond acceptors (Lipinski definition) is 5. The lowest BCUT2D eigenvalue weighted by Crippen LogP contribution is -2.43. The van der Waals surface area contributed by atoms with E-state index in [0.29, 0.717) is 0 Å². The fraction of sp³-hybridized carbons (Fsp3) is 0.455. The topological polar surface area (TPSA) is 102 Å². The maximum absolute atomic E-state index is 11.8. The Morgan fingerprint density at radius 2 is 2.11 bits per heavy atom. The first-order valence-corrected chi connectivity index (χ1v) is 7.21. The summed E-state index contributed by atoms with van der Waals surface area (Å²) in [5.74, 6) is -0.411. The molecule has 3 N–H and O–H groups in total. The number of pyridine rings is 1. The molecule has 0 spiro atoms. The number of aromatic nitrogens is 1. The highest BCUT2D eigenvalue weighted by Crippen LogP contribution is 2.14. The van der Waals surface area contributed by atoms with E-state index in [1.165, 1.54) is 18.5 Å². The third-order valence-electron chi connectivity index (χ3n) is 2.77. The monoisotopic (exact) mass is 271 g/mol. The Kier molecular flexibility index (Phi) is 3.95. The van der Waals surface area contributed by atoms with Gasteiger partial charge >= 0.3 is 0 Å². The van der Waals surface area contributed by atoms with Gasteiger partial charge in [0.15, 0.2) is 9.84 Å². The number of nitrogens with zero attached hydrogens (tertiary/aromatic N) is 1. The summed E-state index contributed by atoms with van der Waals surface area (Å²) in [5.41, 5.74) is 6.15. The van der Waals surface area contributed by atoms with Crippen molar-refractivity contribution in [3.05, 3.63) is 24.0 Å². The van der Waals surface area contributed by atoms with E-state index >= 15 is 0 Å². The van der Waals surface area contributed by atoms with Crippen LogP contribution in [0.5, 0.6) is 0 Å². The molecule has 6 nitrogen and oxygen atoms in total. The summed E-state index contributed by atoms with van der Waals surface area (Å²) >= 11 is 0. The fourth-order valence-electron chi connectivity index (χ4n) is 1.13. The number of nitrogens with one attached hydrogen (secondary N) is 1. The molecule has 0 aliphatic heterocycles. The number of amides is 1. The molecular formula is C11H17N3O3S. The van der Waals surface area contributed by atoms with Crippen molar-refractivity contribution in [3.8, 4) is 0 Å². The Balaban J connectivity index is 2.77. The van der Waals surface area contributed by atoms with Gasteiger partial charge in [0, 0.05) is 19.0 Å². The maximum Gasteiger partial charge on any atom is 0.253 e. The molecule has 0 radical (unpaired) electrons. The molecule has 1 aromatic rings. The molecule has 18 heavy (non-hydrogen) atoms. The Hall–Kier alpha value is -1.63. The Morgan fingerprint density at radius 1 is 1.50 bits per heavy atom. The van der Waals surface area contributed by atoms with E-state index in [1.54, 1.807) is 13.8 Å². The second-order valence-corrected chi connectivity index (χ2v) is 7.33. The highest BCUT2D eigenvalue weighted by atomic mass is 32.2. The van der Waals surface area contributed by atoms with Gasteiger partial charge in [-0.1, -0.05) is 0 Å². The number of nitrogen functional groups attached to an aromatic ring is 1. The molecule has 0 saturated heterocycles. The molecule has 0 unspecified atom stereocenters. The van der Waals surface area contributed by atoms with Crippen molar-refractivity contribution in [1.29, 1.82) is 0 Å². The molecule has 1 amide bonds. The highest BCUT2D eigenvalue weighted by Gasteiger charge is 2.30. The van der Waals surface area contributed by atoms with Crippen LogP contribution in [-0.4, -0.2) is 36.9 Å². The molecule has 1 heterocycles.